The van der Waals surface area contributed by atoms with E-state index in [-0.39, 0.29) is 18.2 Å². The van der Waals surface area contributed by atoms with E-state index in [4.69, 9.17) is 17.0 Å². The molecule has 0 saturated carbocycles. The van der Waals surface area contributed by atoms with Gasteiger partial charge in [-0.15, -0.1) is 0 Å². The maximum absolute atomic E-state index is 12.8. The lowest BCUT2D eigenvalue weighted by molar-refractivity contribution is -0.122. The van der Waals surface area contributed by atoms with Crippen LogP contribution in [0.2, 0.25) is 0 Å². The Kier molecular flexibility index (Phi) is 10.6. The van der Waals surface area contributed by atoms with Crippen LogP contribution in [0.15, 0.2) is 71.2 Å². The Bertz CT molecular complexity index is 1190. The second-order valence-electron chi connectivity index (χ2n) is 8.80. The number of anilines is 1. The van der Waals surface area contributed by atoms with Gasteiger partial charge in [0.15, 0.2) is 0 Å². The molecule has 1 aliphatic rings. The zero-order chi connectivity index (χ0) is 26.8. The highest BCUT2D eigenvalue weighted by Crippen LogP contribution is 2.32. The first-order valence-corrected chi connectivity index (χ1v) is 13.2. The van der Waals surface area contributed by atoms with Crippen LogP contribution in [0.25, 0.3) is 6.08 Å². The topological polar surface area (TPSA) is 79.0 Å². The number of ether oxygens (including phenoxy) is 1. The van der Waals surface area contributed by atoms with Gasteiger partial charge in [0.05, 0.1) is 10.5 Å². The average molecular weight is 538 g/mol. The lowest BCUT2D eigenvalue weighted by atomic mass is 10.1. The second-order valence-corrected chi connectivity index (χ2v) is 10.5. The van der Waals surface area contributed by atoms with E-state index in [2.05, 4.69) is 5.32 Å². The zero-order valence-corrected chi connectivity index (χ0v) is 22.9. The highest BCUT2D eigenvalue weighted by atomic mass is 32.2. The molecule has 0 unspecified atom stereocenters. The van der Waals surface area contributed by atoms with E-state index in [1.807, 2.05) is 68.4 Å². The largest absolute Gasteiger partial charge is 0.461 e. The van der Waals surface area contributed by atoms with Gasteiger partial charge < -0.3 is 15.0 Å². The van der Waals surface area contributed by atoms with Crippen molar-refractivity contribution in [1.82, 2.24) is 9.80 Å². The monoisotopic (exact) mass is 537 g/mol. The Hall–Kier alpha value is -3.27. The van der Waals surface area contributed by atoms with Crippen molar-refractivity contribution in [3.63, 3.8) is 0 Å². The Balaban J connectivity index is 1.45. The first kappa shape index (κ1) is 28.3. The molecule has 1 fully saturated rings. The first-order valence-electron chi connectivity index (χ1n) is 11.9. The molecule has 0 spiro atoms. The van der Waals surface area contributed by atoms with Crippen molar-refractivity contribution in [3.8, 4) is 0 Å². The molecule has 1 saturated heterocycles. The molecule has 1 N–H and O–H groups in total. The Morgan fingerprint density at radius 2 is 1.81 bits per heavy atom. The van der Waals surface area contributed by atoms with Gasteiger partial charge in [-0.05, 0) is 68.9 Å². The number of hydrogen-bond donors (Lipinski definition) is 1. The van der Waals surface area contributed by atoms with Crippen LogP contribution < -0.4 is 5.32 Å². The van der Waals surface area contributed by atoms with Crippen LogP contribution >= 0.6 is 24.0 Å². The van der Waals surface area contributed by atoms with Gasteiger partial charge in [-0.2, -0.15) is 0 Å². The molecule has 2 aromatic carbocycles. The van der Waals surface area contributed by atoms with E-state index >= 15 is 0 Å². The molecule has 3 rings (SSSR count). The highest BCUT2D eigenvalue weighted by Gasteiger charge is 2.31. The maximum Gasteiger partial charge on any atom is 0.338 e. The third-order valence-electron chi connectivity index (χ3n) is 5.39. The summed E-state index contributed by atoms with van der Waals surface area (Å²) in [6, 6.07) is 16.5. The minimum atomic E-state index is -0.400. The van der Waals surface area contributed by atoms with Gasteiger partial charge in [-0.1, -0.05) is 60.4 Å². The summed E-state index contributed by atoms with van der Waals surface area (Å²) in [4.78, 5) is 41.4. The van der Waals surface area contributed by atoms with Crippen LogP contribution in [-0.2, 0) is 14.3 Å². The molecule has 9 heteroatoms. The van der Waals surface area contributed by atoms with Crippen molar-refractivity contribution < 1.29 is 19.1 Å². The third-order valence-corrected chi connectivity index (χ3v) is 6.77. The normalized spacial score (nSPS) is 15.0. The van der Waals surface area contributed by atoms with E-state index in [0.29, 0.717) is 46.6 Å². The molecule has 0 bridgehead atoms. The summed E-state index contributed by atoms with van der Waals surface area (Å²) in [5.41, 5.74) is 3.03. The summed E-state index contributed by atoms with van der Waals surface area (Å²) in [5, 5.41) is 2.81. The average Bonchev–Trinajstić information content (AvgIpc) is 3.12. The number of amides is 2. The van der Waals surface area contributed by atoms with Crippen LogP contribution in [0.4, 0.5) is 5.69 Å². The van der Waals surface area contributed by atoms with Crippen molar-refractivity contribution >= 4 is 57.8 Å². The number of carbonyl (C=O) groups is 3. The van der Waals surface area contributed by atoms with Gasteiger partial charge in [0, 0.05) is 25.2 Å². The summed E-state index contributed by atoms with van der Waals surface area (Å²) in [6.45, 7) is 3.28. The lowest BCUT2D eigenvalue weighted by Gasteiger charge is -2.14. The Morgan fingerprint density at radius 1 is 1.11 bits per heavy atom. The Morgan fingerprint density at radius 3 is 2.49 bits per heavy atom. The van der Waals surface area contributed by atoms with Crippen molar-refractivity contribution in [3.05, 3.63) is 82.3 Å². The number of thiocarbonyl (C=S) groups is 1. The van der Waals surface area contributed by atoms with E-state index in [0.717, 1.165) is 11.1 Å². The number of carbonyl (C=O) groups excluding carboxylic acids is 3. The number of allylic oxidation sites excluding steroid dienone is 2. The number of esters is 1. The third kappa shape index (κ3) is 8.96. The van der Waals surface area contributed by atoms with Gasteiger partial charge in [0.25, 0.3) is 5.91 Å². The van der Waals surface area contributed by atoms with E-state index in [9.17, 15) is 14.4 Å². The number of rotatable bonds is 11. The van der Waals surface area contributed by atoms with Crippen LogP contribution in [0.1, 0.15) is 35.7 Å². The van der Waals surface area contributed by atoms with Gasteiger partial charge in [-0.25, -0.2) is 4.79 Å². The van der Waals surface area contributed by atoms with Crippen molar-refractivity contribution in [2.24, 2.45) is 0 Å². The van der Waals surface area contributed by atoms with Gasteiger partial charge in [-0.3, -0.25) is 14.5 Å². The zero-order valence-electron chi connectivity index (χ0n) is 21.2. The molecule has 194 valence electrons. The predicted molar refractivity (Wildman–Crippen MR) is 153 cm³/mol. The molecule has 0 atom stereocenters. The summed E-state index contributed by atoms with van der Waals surface area (Å²) in [6.07, 6.45) is 4.57. The molecule has 1 heterocycles. The molecule has 0 aromatic heterocycles. The number of thioether (sulfide) groups is 1. The molecule has 37 heavy (non-hydrogen) atoms. The fraction of sp³-hybridized carbons (Fsp3) is 0.286. The minimum Gasteiger partial charge on any atom is -0.461 e. The number of nitrogens with zero attached hydrogens (tertiary/aromatic N) is 2. The van der Waals surface area contributed by atoms with Crippen molar-refractivity contribution in [2.45, 2.75) is 19.8 Å². The molecule has 7 nitrogen and oxygen atoms in total. The molecule has 0 aliphatic carbocycles. The molecular weight excluding hydrogens is 506 g/mol. The van der Waals surface area contributed by atoms with E-state index < -0.39 is 5.97 Å². The molecule has 2 aromatic rings. The lowest BCUT2D eigenvalue weighted by Crippen LogP contribution is -2.29. The standard InChI is InChI=1S/C28H31N3O4S2/c1-20(18-21-8-5-4-6-9-21)19-24-26(33)31(28(36)37-24)15-7-10-25(32)29-23-13-11-22(12-14-23)27(34)35-17-16-30(2)3/h4-6,8-9,11-14,18-19H,7,10,15-17H2,1-3H3,(H,29,32)/b20-18+,24-19-. The first-order chi connectivity index (χ1) is 17.7. The summed E-state index contributed by atoms with van der Waals surface area (Å²) in [7, 11) is 3.81. The summed E-state index contributed by atoms with van der Waals surface area (Å²) >= 11 is 6.68. The fourth-order valence-corrected chi connectivity index (χ4v) is 4.83. The summed E-state index contributed by atoms with van der Waals surface area (Å²) in [5.74, 6) is -0.712. The van der Waals surface area contributed by atoms with Crippen molar-refractivity contribution in [1.29, 1.82) is 0 Å². The number of nitrogens with one attached hydrogen (secondary N) is 1. The van der Waals surface area contributed by atoms with Gasteiger partial charge >= 0.3 is 5.97 Å². The maximum atomic E-state index is 12.8. The van der Waals surface area contributed by atoms with Crippen LogP contribution in [0.5, 0.6) is 0 Å². The highest BCUT2D eigenvalue weighted by molar-refractivity contribution is 8.26. The van der Waals surface area contributed by atoms with Gasteiger partial charge in [0.1, 0.15) is 10.9 Å². The molecule has 1 aliphatic heterocycles. The van der Waals surface area contributed by atoms with E-state index in [1.54, 1.807) is 29.2 Å². The molecule has 0 radical (unpaired) electrons. The number of hydrogen-bond acceptors (Lipinski definition) is 7. The predicted octanol–water partition coefficient (Wildman–Crippen LogP) is 4.97. The fourth-order valence-electron chi connectivity index (χ4n) is 3.47. The SMILES string of the molecule is CC(/C=C1\SC(=S)N(CCCC(=O)Nc2ccc(C(=O)OCCN(C)C)cc2)C1=O)=C\c1ccccc1. The minimum absolute atomic E-state index is 0.135. The van der Waals surface area contributed by atoms with Crippen LogP contribution in [0.3, 0.4) is 0 Å². The Labute approximate surface area is 227 Å². The quantitative estimate of drug-likeness (QED) is 0.246. The molecule has 2 amide bonds. The van der Waals surface area contributed by atoms with Crippen molar-refractivity contribution in [2.75, 3.05) is 39.1 Å². The molecular formula is C28H31N3O4S2. The number of benzene rings is 2. The smallest absolute Gasteiger partial charge is 0.338 e. The number of likely N-dealkylation sites (N-methyl/N-ethyl adjacent to an activating group) is 1. The summed E-state index contributed by atoms with van der Waals surface area (Å²) < 4.78 is 5.71. The van der Waals surface area contributed by atoms with E-state index in [1.165, 1.54) is 11.8 Å². The van der Waals surface area contributed by atoms with Crippen LogP contribution in [0, 0.1) is 0 Å². The van der Waals surface area contributed by atoms with Gasteiger partial charge in [0.2, 0.25) is 5.91 Å². The second kappa shape index (κ2) is 13.9. The van der Waals surface area contributed by atoms with Crippen LogP contribution in [-0.4, -0.2) is 65.7 Å².